The number of anilines is 1. The first-order chi connectivity index (χ1) is 12.6. The molecule has 0 radical (unpaired) electrons. The van der Waals surface area contributed by atoms with E-state index in [4.69, 9.17) is 12.2 Å². The van der Waals surface area contributed by atoms with Crippen LogP contribution in [0.3, 0.4) is 0 Å². The molecule has 0 aromatic heterocycles. The lowest BCUT2D eigenvalue weighted by molar-refractivity contribution is -0.00596. The van der Waals surface area contributed by atoms with E-state index < -0.39 is 0 Å². The largest absolute Gasteiger partial charge is 0.360 e. The molecule has 2 heterocycles. The first-order valence-corrected chi connectivity index (χ1v) is 10.9. The third-order valence-electron chi connectivity index (χ3n) is 6.88. The second kappa shape index (κ2) is 7.85. The van der Waals surface area contributed by atoms with E-state index in [2.05, 4.69) is 47.6 Å². The highest BCUT2D eigenvalue weighted by molar-refractivity contribution is 7.80. The van der Waals surface area contributed by atoms with E-state index in [1.807, 2.05) is 0 Å². The van der Waals surface area contributed by atoms with E-state index in [1.165, 1.54) is 68.9 Å². The Balaban J connectivity index is 1.35. The maximum atomic E-state index is 5.63. The van der Waals surface area contributed by atoms with Gasteiger partial charge in [-0.2, -0.15) is 0 Å². The van der Waals surface area contributed by atoms with Crippen molar-refractivity contribution in [1.29, 1.82) is 0 Å². The standard InChI is InChI=1S/C22H33N3S/c1-15-10-11-17(12-16(15)2)23-22(26)24-18-13-20-8-5-9-21(14-18)25(20)19-6-3-4-7-19/h10-12,18-21H,3-9,13-14H2,1-2H3,(H2,23,24,26). The van der Waals surface area contributed by atoms with Gasteiger partial charge in [0.1, 0.15) is 0 Å². The predicted octanol–water partition coefficient (Wildman–Crippen LogP) is 4.92. The Labute approximate surface area is 163 Å². The highest BCUT2D eigenvalue weighted by atomic mass is 32.1. The van der Waals surface area contributed by atoms with Crippen LogP contribution in [0, 0.1) is 13.8 Å². The molecule has 3 fully saturated rings. The minimum absolute atomic E-state index is 0.523. The fourth-order valence-corrected chi connectivity index (χ4v) is 5.79. The topological polar surface area (TPSA) is 27.3 Å². The van der Waals surface area contributed by atoms with Gasteiger partial charge in [-0.1, -0.05) is 25.3 Å². The summed E-state index contributed by atoms with van der Waals surface area (Å²) in [5.41, 5.74) is 3.72. The van der Waals surface area contributed by atoms with Gasteiger partial charge < -0.3 is 10.6 Å². The zero-order chi connectivity index (χ0) is 18.1. The molecule has 0 amide bonds. The van der Waals surface area contributed by atoms with E-state index in [-0.39, 0.29) is 0 Å². The molecule has 3 nitrogen and oxygen atoms in total. The second-order valence-electron chi connectivity index (χ2n) is 8.69. The minimum atomic E-state index is 0.523. The van der Waals surface area contributed by atoms with Gasteiger partial charge in [0, 0.05) is 29.9 Å². The molecule has 2 unspecified atom stereocenters. The first-order valence-electron chi connectivity index (χ1n) is 10.5. The molecular weight excluding hydrogens is 338 g/mol. The summed E-state index contributed by atoms with van der Waals surface area (Å²) in [4.78, 5) is 2.93. The molecule has 142 valence electrons. The van der Waals surface area contributed by atoms with Gasteiger partial charge in [-0.15, -0.1) is 0 Å². The van der Waals surface area contributed by atoms with E-state index in [1.54, 1.807) is 0 Å². The van der Waals surface area contributed by atoms with E-state index in [0.717, 1.165) is 28.9 Å². The summed E-state index contributed by atoms with van der Waals surface area (Å²) < 4.78 is 0. The molecule has 2 atom stereocenters. The van der Waals surface area contributed by atoms with E-state index in [0.29, 0.717) is 6.04 Å². The van der Waals surface area contributed by atoms with Crippen molar-refractivity contribution >= 4 is 23.0 Å². The number of nitrogens with one attached hydrogen (secondary N) is 2. The van der Waals surface area contributed by atoms with Gasteiger partial charge in [0.15, 0.2) is 5.11 Å². The number of fused-ring (bicyclic) bond motifs is 2. The summed E-state index contributed by atoms with van der Waals surface area (Å²) >= 11 is 5.63. The summed E-state index contributed by atoms with van der Waals surface area (Å²) in [6.07, 6.45) is 12.4. The zero-order valence-corrected chi connectivity index (χ0v) is 17.1. The van der Waals surface area contributed by atoms with Crippen LogP contribution >= 0.6 is 12.2 Å². The number of hydrogen-bond acceptors (Lipinski definition) is 2. The normalized spacial score (nSPS) is 29.5. The number of nitrogens with zero attached hydrogens (tertiary/aromatic N) is 1. The average Bonchev–Trinajstić information content (AvgIpc) is 3.11. The summed E-state index contributed by atoms with van der Waals surface area (Å²) in [5, 5.41) is 7.81. The van der Waals surface area contributed by atoms with E-state index >= 15 is 0 Å². The van der Waals surface area contributed by atoms with Gasteiger partial charge >= 0.3 is 0 Å². The molecule has 2 N–H and O–H groups in total. The Hall–Kier alpha value is -1.13. The lowest BCUT2D eigenvalue weighted by Gasteiger charge is -2.52. The molecule has 4 rings (SSSR count). The smallest absolute Gasteiger partial charge is 0.170 e. The van der Waals surface area contributed by atoms with Crippen LogP contribution < -0.4 is 10.6 Å². The molecule has 3 aliphatic rings. The number of aryl methyl sites for hydroxylation is 2. The number of piperidine rings is 2. The van der Waals surface area contributed by atoms with Crippen molar-refractivity contribution < 1.29 is 0 Å². The molecule has 1 aliphatic carbocycles. The van der Waals surface area contributed by atoms with Crippen molar-refractivity contribution in [1.82, 2.24) is 10.2 Å². The van der Waals surface area contributed by atoms with Crippen LogP contribution in [0.1, 0.15) is 68.9 Å². The Morgan fingerprint density at radius 1 is 0.923 bits per heavy atom. The maximum absolute atomic E-state index is 5.63. The Bertz CT molecular complexity index is 639. The van der Waals surface area contributed by atoms with Crippen molar-refractivity contribution in [2.24, 2.45) is 0 Å². The molecule has 2 bridgehead atoms. The lowest BCUT2D eigenvalue weighted by atomic mass is 9.80. The van der Waals surface area contributed by atoms with Crippen LogP contribution in [0.5, 0.6) is 0 Å². The fraction of sp³-hybridized carbons (Fsp3) is 0.682. The summed E-state index contributed by atoms with van der Waals surface area (Å²) in [5.74, 6) is 0. The maximum Gasteiger partial charge on any atom is 0.170 e. The third-order valence-corrected chi connectivity index (χ3v) is 7.10. The van der Waals surface area contributed by atoms with Crippen LogP contribution in [-0.2, 0) is 0 Å². The summed E-state index contributed by atoms with van der Waals surface area (Å²) in [6.45, 7) is 4.30. The van der Waals surface area contributed by atoms with Gasteiger partial charge in [-0.3, -0.25) is 4.90 Å². The van der Waals surface area contributed by atoms with Crippen molar-refractivity contribution in [3.05, 3.63) is 29.3 Å². The van der Waals surface area contributed by atoms with Crippen LogP contribution in [0.4, 0.5) is 5.69 Å². The molecule has 1 aromatic carbocycles. The highest BCUT2D eigenvalue weighted by Crippen LogP contribution is 2.39. The van der Waals surface area contributed by atoms with Gasteiger partial charge in [-0.25, -0.2) is 0 Å². The van der Waals surface area contributed by atoms with Gasteiger partial charge in [-0.05, 0) is 87.8 Å². The molecule has 1 saturated carbocycles. The number of thiocarbonyl (C=S) groups is 1. The fourth-order valence-electron chi connectivity index (χ4n) is 5.51. The van der Waals surface area contributed by atoms with Crippen LogP contribution in [0.2, 0.25) is 0 Å². The zero-order valence-electron chi connectivity index (χ0n) is 16.3. The number of benzene rings is 1. The molecule has 2 aliphatic heterocycles. The van der Waals surface area contributed by atoms with Crippen molar-refractivity contribution in [3.8, 4) is 0 Å². The van der Waals surface area contributed by atoms with Crippen molar-refractivity contribution in [2.45, 2.75) is 95.8 Å². The Kier molecular flexibility index (Phi) is 5.51. The SMILES string of the molecule is Cc1ccc(NC(=S)NC2CC3CCCC(C2)N3C2CCCC2)cc1C. The highest BCUT2D eigenvalue weighted by Gasteiger charge is 2.42. The first kappa shape index (κ1) is 18.2. The monoisotopic (exact) mass is 371 g/mol. The molecule has 1 aromatic rings. The molecule has 2 saturated heterocycles. The molecular formula is C22H33N3S. The summed E-state index contributed by atoms with van der Waals surface area (Å²) in [6, 6.07) is 9.39. The number of hydrogen-bond donors (Lipinski definition) is 2. The molecule has 26 heavy (non-hydrogen) atoms. The minimum Gasteiger partial charge on any atom is -0.360 e. The van der Waals surface area contributed by atoms with Crippen molar-refractivity contribution in [3.63, 3.8) is 0 Å². The summed E-state index contributed by atoms with van der Waals surface area (Å²) in [7, 11) is 0. The van der Waals surface area contributed by atoms with E-state index in [9.17, 15) is 0 Å². The number of rotatable bonds is 3. The third kappa shape index (κ3) is 3.91. The lowest BCUT2D eigenvalue weighted by Crippen LogP contribution is -2.59. The van der Waals surface area contributed by atoms with Crippen molar-refractivity contribution in [2.75, 3.05) is 5.32 Å². The average molecular weight is 372 g/mol. The molecule has 0 spiro atoms. The Morgan fingerprint density at radius 3 is 2.23 bits per heavy atom. The van der Waals surface area contributed by atoms with Crippen LogP contribution in [0.25, 0.3) is 0 Å². The molecule has 4 heteroatoms. The second-order valence-corrected chi connectivity index (χ2v) is 9.10. The quantitative estimate of drug-likeness (QED) is 0.738. The van der Waals surface area contributed by atoms with Gasteiger partial charge in [0.2, 0.25) is 0 Å². The van der Waals surface area contributed by atoms with Gasteiger partial charge in [0.25, 0.3) is 0 Å². The Morgan fingerprint density at radius 2 is 1.58 bits per heavy atom. The van der Waals surface area contributed by atoms with Crippen LogP contribution in [0.15, 0.2) is 18.2 Å². The van der Waals surface area contributed by atoms with Crippen LogP contribution in [-0.4, -0.2) is 34.2 Å². The van der Waals surface area contributed by atoms with Gasteiger partial charge in [0.05, 0.1) is 0 Å². The predicted molar refractivity (Wildman–Crippen MR) is 114 cm³/mol.